The number of likely N-dealkylation sites (N-methyl/N-ethyl adjacent to an activating group) is 1. The fourth-order valence-electron chi connectivity index (χ4n) is 3.27. The zero-order valence-electron chi connectivity index (χ0n) is 17.8. The van der Waals surface area contributed by atoms with Crippen molar-refractivity contribution >= 4 is 22.7 Å². The second kappa shape index (κ2) is 9.37. The summed E-state index contributed by atoms with van der Waals surface area (Å²) in [6.45, 7) is 7.39. The third kappa shape index (κ3) is 6.54. The van der Waals surface area contributed by atoms with E-state index >= 15 is 0 Å². The van der Waals surface area contributed by atoms with Crippen LogP contribution in [0.15, 0.2) is 42.5 Å². The van der Waals surface area contributed by atoms with E-state index in [2.05, 4.69) is 5.32 Å². The van der Waals surface area contributed by atoms with E-state index < -0.39 is 23.6 Å². The molecule has 0 amide bonds. The van der Waals surface area contributed by atoms with E-state index in [4.69, 9.17) is 9.47 Å². The van der Waals surface area contributed by atoms with Crippen LogP contribution in [0.3, 0.4) is 0 Å². The van der Waals surface area contributed by atoms with Gasteiger partial charge in [-0.05, 0) is 48.7 Å². The Balaban J connectivity index is 1.86. The fourth-order valence-corrected chi connectivity index (χ4v) is 3.27. The highest BCUT2D eigenvalue weighted by Crippen LogP contribution is 2.28. The first-order valence-corrected chi connectivity index (χ1v) is 9.74. The average molecular weight is 402 g/mol. The molecule has 158 valence electrons. The molecule has 0 aliphatic carbocycles. The third-order valence-corrected chi connectivity index (χ3v) is 4.68. The van der Waals surface area contributed by atoms with Crippen LogP contribution in [0, 0.1) is 5.41 Å². The molecule has 0 saturated carbocycles. The minimum atomic E-state index is -1.10. The Labute approximate surface area is 172 Å². The Kier molecular flexibility index (Phi) is 7.38. The van der Waals surface area contributed by atoms with Gasteiger partial charge < -0.3 is 19.9 Å². The average Bonchev–Trinajstić information content (AvgIpc) is 2.68. The first kappa shape index (κ1) is 22.8. The van der Waals surface area contributed by atoms with E-state index in [-0.39, 0.29) is 18.6 Å². The van der Waals surface area contributed by atoms with Gasteiger partial charge >= 0.3 is 11.9 Å². The molecule has 2 aromatic carbocycles. The van der Waals surface area contributed by atoms with E-state index in [0.717, 1.165) is 10.8 Å². The summed E-state index contributed by atoms with van der Waals surface area (Å²) < 4.78 is 10.4. The van der Waals surface area contributed by atoms with Gasteiger partial charge in [0.15, 0.2) is 0 Å². The van der Waals surface area contributed by atoms with Crippen LogP contribution in [-0.4, -0.2) is 48.9 Å². The SMILES string of the molecule is CNC(C)(CC(C)(C)C)C(=O)OCC(O)COC(=O)c1ccc2ccccc2c1. The number of hydrogen-bond acceptors (Lipinski definition) is 6. The molecule has 0 fully saturated rings. The number of carbonyl (C=O) groups is 2. The van der Waals surface area contributed by atoms with Gasteiger partial charge in [0.25, 0.3) is 0 Å². The van der Waals surface area contributed by atoms with Crippen molar-refractivity contribution in [2.24, 2.45) is 5.41 Å². The lowest BCUT2D eigenvalue weighted by Gasteiger charge is -2.33. The molecule has 6 nitrogen and oxygen atoms in total. The molecule has 0 heterocycles. The molecule has 0 aliphatic rings. The number of esters is 2. The van der Waals surface area contributed by atoms with Crippen molar-refractivity contribution in [3.63, 3.8) is 0 Å². The first-order chi connectivity index (χ1) is 13.5. The number of hydrogen-bond donors (Lipinski definition) is 2. The Hall–Kier alpha value is -2.44. The topological polar surface area (TPSA) is 84.9 Å². The summed E-state index contributed by atoms with van der Waals surface area (Å²) in [5.41, 5.74) is -0.536. The summed E-state index contributed by atoms with van der Waals surface area (Å²) >= 11 is 0. The second-order valence-electron chi connectivity index (χ2n) is 8.73. The lowest BCUT2D eigenvalue weighted by molar-refractivity contribution is -0.155. The van der Waals surface area contributed by atoms with E-state index in [1.165, 1.54) is 0 Å². The zero-order valence-corrected chi connectivity index (χ0v) is 17.8. The minimum Gasteiger partial charge on any atom is -0.461 e. The summed E-state index contributed by atoms with van der Waals surface area (Å²) in [7, 11) is 1.70. The van der Waals surface area contributed by atoms with Crippen LogP contribution in [0.1, 0.15) is 44.5 Å². The Morgan fingerprint density at radius 3 is 2.24 bits per heavy atom. The summed E-state index contributed by atoms with van der Waals surface area (Å²) in [5.74, 6) is -0.983. The van der Waals surface area contributed by atoms with Crippen LogP contribution < -0.4 is 5.32 Å². The molecule has 0 radical (unpaired) electrons. The van der Waals surface area contributed by atoms with Gasteiger partial charge in [-0.25, -0.2) is 4.79 Å². The van der Waals surface area contributed by atoms with E-state index in [9.17, 15) is 14.7 Å². The number of ether oxygens (including phenoxy) is 2. The van der Waals surface area contributed by atoms with E-state index in [1.807, 2.05) is 51.1 Å². The fraction of sp³-hybridized carbons (Fsp3) is 0.478. The smallest absolute Gasteiger partial charge is 0.338 e. The number of nitrogens with one attached hydrogen (secondary N) is 1. The standard InChI is InChI=1S/C23H31NO5/c1-22(2,3)15-23(4,24-5)21(27)29-14-19(25)13-28-20(26)18-11-10-16-8-6-7-9-17(16)12-18/h6-12,19,24-25H,13-15H2,1-5H3. The molecule has 2 rings (SSSR count). The van der Waals surface area contributed by atoms with Crippen molar-refractivity contribution < 1.29 is 24.2 Å². The zero-order chi connectivity index (χ0) is 21.7. The van der Waals surface area contributed by atoms with Gasteiger partial charge in [0, 0.05) is 0 Å². The van der Waals surface area contributed by atoms with Gasteiger partial charge in [0.05, 0.1) is 5.56 Å². The lowest BCUT2D eigenvalue weighted by atomic mass is 9.81. The molecule has 2 atom stereocenters. The number of rotatable bonds is 8. The predicted molar refractivity (Wildman–Crippen MR) is 113 cm³/mol. The summed E-state index contributed by atoms with van der Waals surface area (Å²) in [5, 5.41) is 15.0. The van der Waals surface area contributed by atoms with Crippen LogP contribution in [-0.2, 0) is 14.3 Å². The molecule has 2 unspecified atom stereocenters. The van der Waals surface area contributed by atoms with Crippen LogP contribution in [0.2, 0.25) is 0 Å². The minimum absolute atomic E-state index is 0.0786. The third-order valence-electron chi connectivity index (χ3n) is 4.68. The number of carbonyl (C=O) groups excluding carboxylic acids is 2. The molecule has 0 spiro atoms. The molecule has 2 aromatic rings. The van der Waals surface area contributed by atoms with Gasteiger partial charge in [-0.3, -0.25) is 4.79 Å². The molecule has 29 heavy (non-hydrogen) atoms. The van der Waals surface area contributed by atoms with Crippen LogP contribution in [0.4, 0.5) is 0 Å². The van der Waals surface area contributed by atoms with Gasteiger partial charge in [0.2, 0.25) is 0 Å². The van der Waals surface area contributed by atoms with Crippen molar-refractivity contribution in [3.05, 3.63) is 48.0 Å². The van der Waals surface area contributed by atoms with Crippen molar-refractivity contribution in [1.82, 2.24) is 5.32 Å². The Morgan fingerprint density at radius 1 is 1.00 bits per heavy atom. The van der Waals surface area contributed by atoms with Gasteiger partial charge in [0.1, 0.15) is 24.9 Å². The molecule has 0 aliphatic heterocycles. The van der Waals surface area contributed by atoms with Crippen molar-refractivity contribution in [2.75, 3.05) is 20.3 Å². The maximum atomic E-state index is 12.5. The number of benzene rings is 2. The number of aliphatic hydroxyl groups excluding tert-OH is 1. The van der Waals surface area contributed by atoms with Crippen molar-refractivity contribution in [1.29, 1.82) is 0 Å². The monoisotopic (exact) mass is 401 g/mol. The highest BCUT2D eigenvalue weighted by molar-refractivity contribution is 5.95. The van der Waals surface area contributed by atoms with Gasteiger partial charge in [-0.2, -0.15) is 0 Å². The highest BCUT2D eigenvalue weighted by atomic mass is 16.6. The largest absolute Gasteiger partial charge is 0.461 e. The summed E-state index contributed by atoms with van der Waals surface area (Å²) in [6.07, 6.45) is -0.526. The van der Waals surface area contributed by atoms with Crippen molar-refractivity contribution in [2.45, 2.75) is 45.8 Å². The Bertz CT molecular complexity index is 858. The lowest BCUT2D eigenvalue weighted by Crippen LogP contribution is -2.51. The molecular formula is C23H31NO5. The first-order valence-electron chi connectivity index (χ1n) is 9.74. The molecule has 0 saturated heterocycles. The van der Waals surface area contributed by atoms with Gasteiger partial charge in [-0.1, -0.05) is 51.1 Å². The second-order valence-corrected chi connectivity index (χ2v) is 8.73. The van der Waals surface area contributed by atoms with Crippen LogP contribution in [0.25, 0.3) is 10.8 Å². The van der Waals surface area contributed by atoms with E-state index in [0.29, 0.717) is 12.0 Å². The predicted octanol–water partition coefficient (Wildman–Crippen LogP) is 3.32. The molecule has 0 aromatic heterocycles. The van der Waals surface area contributed by atoms with Gasteiger partial charge in [-0.15, -0.1) is 0 Å². The summed E-state index contributed by atoms with van der Waals surface area (Å²) in [6, 6.07) is 13.0. The Morgan fingerprint density at radius 2 is 1.62 bits per heavy atom. The van der Waals surface area contributed by atoms with Crippen LogP contribution >= 0.6 is 0 Å². The van der Waals surface area contributed by atoms with E-state index in [1.54, 1.807) is 26.1 Å². The molecular weight excluding hydrogens is 370 g/mol. The summed E-state index contributed by atoms with van der Waals surface area (Å²) in [4.78, 5) is 24.7. The van der Waals surface area contributed by atoms with Crippen LogP contribution in [0.5, 0.6) is 0 Å². The maximum absolute atomic E-state index is 12.5. The molecule has 2 N–H and O–H groups in total. The highest BCUT2D eigenvalue weighted by Gasteiger charge is 2.37. The van der Waals surface area contributed by atoms with Crippen molar-refractivity contribution in [3.8, 4) is 0 Å². The molecule has 6 heteroatoms. The normalized spacial score (nSPS) is 14.8. The number of fused-ring (bicyclic) bond motifs is 1. The quantitative estimate of drug-likeness (QED) is 0.660. The number of aliphatic hydroxyl groups is 1. The molecule has 0 bridgehead atoms. The maximum Gasteiger partial charge on any atom is 0.338 e.